The number of hydrogen-bond acceptors (Lipinski definition) is 6. The maximum absolute atomic E-state index is 9.26. The molecule has 0 aliphatic carbocycles. The number of hydrogen-bond donors (Lipinski definition) is 1. The van der Waals surface area contributed by atoms with Gasteiger partial charge in [-0.15, -0.1) is 0 Å². The van der Waals surface area contributed by atoms with Crippen molar-refractivity contribution in [2.45, 2.75) is 6.92 Å². The molecule has 6 heteroatoms. The Morgan fingerprint density at radius 1 is 1.08 bits per heavy atom. The molecule has 0 saturated heterocycles. The van der Waals surface area contributed by atoms with Crippen molar-refractivity contribution >= 4 is 16.7 Å². The summed E-state index contributed by atoms with van der Waals surface area (Å²) in [7, 11) is 0. The molecule has 0 bridgehead atoms. The molecule has 4 aromatic rings. The molecule has 0 aliphatic rings. The first-order valence-electron chi connectivity index (χ1n) is 7.65. The zero-order valence-electron chi connectivity index (χ0n) is 13.4. The minimum atomic E-state index is 0.0813. The number of nitrogen functional groups attached to an aromatic ring is 1. The minimum Gasteiger partial charge on any atom is -0.460 e. The fourth-order valence-electron chi connectivity index (χ4n) is 2.69. The molecule has 0 aliphatic heterocycles. The smallest absolute Gasteiger partial charge is 0.183 e. The zero-order valence-corrected chi connectivity index (χ0v) is 13.4. The molecular formula is C19H13N5O. The van der Waals surface area contributed by atoms with Crippen molar-refractivity contribution < 1.29 is 4.42 Å². The third-order valence-corrected chi connectivity index (χ3v) is 3.88. The third kappa shape index (κ3) is 2.58. The largest absolute Gasteiger partial charge is 0.460 e. The molecule has 0 fully saturated rings. The molecule has 3 aromatic heterocycles. The SMILES string of the molecule is Cc1ccc(-c2nc(N)c(C#N)nc2-c2ccc3ncccc3c2)o1. The molecule has 2 N–H and O–H groups in total. The van der Waals surface area contributed by atoms with E-state index in [2.05, 4.69) is 15.0 Å². The number of aryl methyl sites for hydroxylation is 1. The monoisotopic (exact) mass is 327 g/mol. The molecule has 0 amide bonds. The fourth-order valence-corrected chi connectivity index (χ4v) is 2.69. The normalized spacial score (nSPS) is 10.7. The van der Waals surface area contributed by atoms with Gasteiger partial charge < -0.3 is 10.2 Å². The molecule has 25 heavy (non-hydrogen) atoms. The number of nitrogens with two attached hydrogens (primary N) is 1. The highest BCUT2D eigenvalue weighted by Gasteiger charge is 2.18. The van der Waals surface area contributed by atoms with E-state index in [0.29, 0.717) is 17.1 Å². The van der Waals surface area contributed by atoms with Crippen LogP contribution in [0.3, 0.4) is 0 Å². The van der Waals surface area contributed by atoms with Gasteiger partial charge in [-0.05, 0) is 37.3 Å². The van der Waals surface area contributed by atoms with E-state index in [9.17, 15) is 5.26 Å². The van der Waals surface area contributed by atoms with E-state index in [-0.39, 0.29) is 11.5 Å². The van der Waals surface area contributed by atoms with Crippen LogP contribution in [0.25, 0.3) is 33.6 Å². The van der Waals surface area contributed by atoms with Crippen molar-refractivity contribution in [3.05, 3.63) is 60.1 Å². The van der Waals surface area contributed by atoms with Crippen LogP contribution in [0.2, 0.25) is 0 Å². The molecule has 120 valence electrons. The number of fused-ring (bicyclic) bond motifs is 1. The molecule has 0 unspecified atom stereocenters. The summed E-state index contributed by atoms with van der Waals surface area (Å²) in [4.78, 5) is 13.1. The van der Waals surface area contributed by atoms with E-state index in [1.165, 1.54) is 0 Å². The minimum absolute atomic E-state index is 0.0813. The first-order chi connectivity index (χ1) is 12.2. The lowest BCUT2D eigenvalue weighted by Gasteiger charge is -2.09. The quantitative estimate of drug-likeness (QED) is 0.602. The number of anilines is 1. The Morgan fingerprint density at radius 2 is 1.96 bits per heavy atom. The van der Waals surface area contributed by atoms with Crippen LogP contribution in [0.5, 0.6) is 0 Å². The summed E-state index contributed by atoms with van der Waals surface area (Å²) in [6, 6.07) is 15.3. The van der Waals surface area contributed by atoms with E-state index in [4.69, 9.17) is 10.2 Å². The standard InChI is InChI=1S/C19H13N5O/c1-11-4-7-16(25-11)18-17(23-15(10-20)19(21)24-18)13-5-6-14-12(9-13)3-2-8-22-14/h2-9H,1H3,(H2,21,24). The van der Waals surface area contributed by atoms with Crippen molar-refractivity contribution in [2.75, 3.05) is 5.73 Å². The van der Waals surface area contributed by atoms with Gasteiger partial charge in [0.1, 0.15) is 23.2 Å². The summed E-state index contributed by atoms with van der Waals surface area (Å²) < 4.78 is 5.69. The topological polar surface area (TPSA) is 102 Å². The van der Waals surface area contributed by atoms with Crippen LogP contribution in [-0.4, -0.2) is 15.0 Å². The average Bonchev–Trinajstić information content (AvgIpc) is 3.07. The summed E-state index contributed by atoms with van der Waals surface area (Å²) in [6.45, 7) is 1.85. The van der Waals surface area contributed by atoms with E-state index in [1.54, 1.807) is 6.20 Å². The van der Waals surface area contributed by atoms with Gasteiger partial charge in [0.2, 0.25) is 0 Å². The summed E-state index contributed by atoms with van der Waals surface area (Å²) in [5.41, 5.74) is 8.70. The lowest BCUT2D eigenvalue weighted by Crippen LogP contribution is -2.02. The van der Waals surface area contributed by atoms with Crippen molar-refractivity contribution in [3.8, 4) is 28.8 Å². The molecule has 1 aromatic carbocycles. The van der Waals surface area contributed by atoms with Gasteiger partial charge in [0.15, 0.2) is 17.3 Å². The van der Waals surface area contributed by atoms with E-state index >= 15 is 0 Å². The van der Waals surface area contributed by atoms with Gasteiger partial charge in [0.25, 0.3) is 0 Å². The summed E-state index contributed by atoms with van der Waals surface area (Å²) in [6.07, 6.45) is 1.75. The Kier molecular flexibility index (Phi) is 3.40. The Bertz CT molecular complexity index is 1140. The Balaban J connectivity index is 1.99. The first kappa shape index (κ1) is 14.8. The molecular weight excluding hydrogens is 314 g/mol. The van der Waals surface area contributed by atoms with Gasteiger partial charge in [-0.3, -0.25) is 4.98 Å². The predicted molar refractivity (Wildman–Crippen MR) is 94.3 cm³/mol. The summed E-state index contributed by atoms with van der Waals surface area (Å²) >= 11 is 0. The van der Waals surface area contributed by atoms with Gasteiger partial charge in [-0.1, -0.05) is 12.1 Å². The molecule has 4 rings (SSSR count). The van der Waals surface area contributed by atoms with Crippen LogP contribution in [-0.2, 0) is 0 Å². The first-order valence-corrected chi connectivity index (χ1v) is 7.65. The second-order valence-electron chi connectivity index (χ2n) is 5.59. The Morgan fingerprint density at radius 3 is 2.72 bits per heavy atom. The second kappa shape index (κ2) is 5.73. The molecule has 0 saturated carbocycles. The summed E-state index contributed by atoms with van der Waals surface area (Å²) in [5.74, 6) is 1.40. The van der Waals surface area contributed by atoms with Gasteiger partial charge in [-0.2, -0.15) is 5.26 Å². The van der Waals surface area contributed by atoms with Gasteiger partial charge in [-0.25, -0.2) is 9.97 Å². The number of pyridine rings is 1. The van der Waals surface area contributed by atoms with Gasteiger partial charge in [0.05, 0.1) is 5.52 Å². The maximum Gasteiger partial charge on any atom is 0.183 e. The third-order valence-electron chi connectivity index (χ3n) is 3.88. The Labute approximate surface area is 143 Å². The highest BCUT2D eigenvalue weighted by Crippen LogP contribution is 2.32. The van der Waals surface area contributed by atoms with Gasteiger partial charge in [0, 0.05) is 17.1 Å². The molecule has 0 atom stereocenters. The van der Waals surface area contributed by atoms with Crippen molar-refractivity contribution in [1.29, 1.82) is 5.26 Å². The zero-order chi connectivity index (χ0) is 17.4. The fraction of sp³-hybridized carbons (Fsp3) is 0.0526. The van der Waals surface area contributed by atoms with Crippen molar-refractivity contribution in [1.82, 2.24) is 15.0 Å². The molecule has 6 nitrogen and oxygen atoms in total. The van der Waals surface area contributed by atoms with Crippen molar-refractivity contribution in [3.63, 3.8) is 0 Å². The predicted octanol–water partition coefficient (Wildman–Crippen LogP) is 3.71. The molecule has 0 spiro atoms. The van der Waals surface area contributed by atoms with Crippen LogP contribution in [0.4, 0.5) is 5.82 Å². The highest BCUT2D eigenvalue weighted by atomic mass is 16.3. The van der Waals surface area contributed by atoms with E-state index in [1.807, 2.05) is 55.5 Å². The maximum atomic E-state index is 9.26. The summed E-state index contributed by atoms with van der Waals surface area (Å²) in [5, 5.41) is 10.2. The number of benzene rings is 1. The lowest BCUT2D eigenvalue weighted by molar-refractivity contribution is 0.546. The number of rotatable bonds is 2. The highest BCUT2D eigenvalue weighted by molar-refractivity contribution is 5.87. The average molecular weight is 327 g/mol. The van der Waals surface area contributed by atoms with Crippen LogP contribution < -0.4 is 5.73 Å². The molecule has 0 radical (unpaired) electrons. The molecule has 3 heterocycles. The number of furan rings is 1. The van der Waals surface area contributed by atoms with Gasteiger partial charge >= 0.3 is 0 Å². The van der Waals surface area contributed by atoms with Crippen LogP contribution in [0.1, 0.15) is 11.5 Å². The van der Waals surface area contributed by atoms with E-state index < -0.39 is 0 Å². The van der Waals surface area contributed by atoms with Crippen molar-refractivity contribution in [2.24, 2.45) is 0 Å². The number of nitrogens with zero attached hydrogens (tertiary/aromatic N) is 4. The van der Waals surface area contributed by atoms with Crippen LogP contribution >= 0.6 is 0 Å². The van der Waals surface area contributed by atoms with E-state index in [0.717, 1.165) is 22.2 Å². The second-order valence-corrected chi connectivity index (χ2v) is 5.59. The lowest BCUT2D eigenvalue weighted by atomic mass is 10.0. The van der Waals surface area contributed by atoms with Crippen LogP contribution in [0.15, 0.2) is 53.1 Å². The number of nitriles is 1. The van der Waals surface area contributed by atoms with Crippen LogP contribution in [0, 0.1) is 18.3 Å². The number of aromatic nitrogens is 3. The Hall–Kier alpha value is -3.72.